The van der Waals surface area contributed by atoms with Crippen LogP contribution < -0.4 is 10.1 Å². The molecular weight excluding hydrogens is 362 g/mol. The van der Waals surface area contributed by atoms with E-state index in [2.05, 4.69) is 40.2 Å². The second-order valence-corrected chi connectivity index (χ2v) is 7.24. The Morgan fingerprint density at radius 3 is 2.66 bits per heavy atom. The average Bonchev–Trinajstić information content (AvgIpc) is 3.09. The Hall–Kier alpha value is -3.34. The molecule has 0 aliphatic heterocycles. The molecule has 0 aliphatic carbocycles. The zero-order chi connectivity index (χ0) is 20.2. The molecule has 1 N–H and O–H groups in total. The van der Waals surface area contributed by atoms with Gasteiger partial charge in [0, 0.05) is 13.5 Å². The Morgan fingerprint density at radius 1 is 1.07 bits per heavy atom. The highest BCUT2D eigenvalue weighted by Crippen LogP contribution is 2.23. The number of nitrogens with one attached hydrogen (secondary N) is 1. The summed E-state index contributed by atoms with van der Waals surface area (Å²) in [6, 6.07) is 22.3. The lowest BCUT2D eigenvalue weighted by Crippen LogP contribution is -2.26. The van der Waals surface area contributed by atoms with Crippen molar-refractivity contribution in [2.75, 3.05) is 6.61 Å². The minimum absolute atomic E-state index is 0.0595. The maximum atomic E-state index is 11.5. The summed E-state index contributed by atoms with van der Waals surface area (Å²) in [5.41, 5.74) is 2.01. The first-order valence-corrected chi connectivity index (χ1v) is 9.96. The average molecular weight is 387 g/mol. The van der Waals surface area contributed by atoms with E-state index in [1.807, 2.05) is 43.3 Å². The molecular formula is C24H25N3O2. The van der Waals surface area contributed by atoms with Crippen molar-refractivity contribution in [3.05, 3.63) is 72.6 Å². The van der Waals surface area contributed by atoms with Crippen LogP contribution in [0.15, 0.2) is 66.7 Å². The zero-order valence-corrected chi connectivity index (χ0v) is 16.8. The summed E-state index contributed by atoms with van der Waals surface area (Å²) in [6.07, 6.45) is 0.840. The van der Waals surface area contributed by atoms with Crippen LogP contribution in [0.25, 0.3) is 21.8 Å². The number of hydrogen-bond donors (Lipinski definition) is 1. The highest BCUT2D eigenvalue weighted by molar-refractivity contribution is 5.83. The Balaban J connectivity index is 1.46. The number of hydrogen-bond acceptors (Lipinski definition) is 3. The Kier molecular flexibility index (Phi) is 5.47. The number of aromatic nitrogens is 2. The second-order valence-electron chi connectivity index (χ2n) is 7.24. The molecule has 1 amide bonds. The van der Waals surface area contributed by atoms with Crippen LogP contribution in [0.5, 0.6) is 5.75 Å². The number of imidazole rings is 1. The van der Waals surface area contributed by atoms with Crippen LogP contribution in [-0.4, -0.2) is 22.1 Å². The van der Waals surface area contributed by atoms with Crippen molar-refractivity contribution in [3.8, 4) is 5.75 Å². The van der Waals surface area contributed by atoms with Crippen molar-refractivity contribution < 1.29 is 9.53 Å². The van der Waals surface area contributed by atoms with E-state index < -0.39 is 0 Å². The molecule has 0 fully saturated rings. The van der Waals surface area contributed by atoms with E-state index in [4.69, 9.17) is 9.72 Å². The molecule has 1 unspecified atom stereocenters. The number of para-hydroxylation sites is 2. The summed E-state index contributed by atoms with van der Waals surface area (Å²) in [5.74, 6) is 1.69. The van der Waals surface area contributed by atoms with Crippen LogP contribution in [0.3, 0.4) is 0 Å². The third kappa shape index (κ3) is 4.24. The molecule has 0 spiro atoms. The Morgan fingerprint density at radius 2 is 1.83 bits per heavy atom. The van der Waals surface area contributed by atoms with Gasteiger partial charge in [-0.05, 0) is 48.4 Å². The van der Waals surface area contributed by atoms with Gasteiger partial charge in [0.05, 0.1) is 23.7 Å². The fourth-order valence-electron chi connectivity index (χ4n) is 3.70. The highest BCUT2D eigenvalue weighted by atomic mass is 16.5. The van der Waals surface area contributed by atoms with E-state index in [1.165, 1.54) is 17.7 Å². The molecule has 148 valence electrons. The first-order chi connectivity index (χ1) is 14.1. The second kappa shape index (κ2) is 8.35. The van der Waals surface area contributed by atoms with Crippen molar-refractivity contribution >= 4 is 27.7 Å². The lowest BCUT2D eigenvalue weighted by molar-refractivity contribution is -0.119. The molecule has 1 heterocycles. The van der Waals surface area contributed by atoms with Gasteiger partial charge in [0.25, 0.3) is 0 Å². The van der Waals surface area contributed by atoms with Gasteiger partial charge in [-0.2, -0.15) is 0 Å². The van der Waals surface area contributed by atoms with Gasteiger partial charge < -0.3 is 14.6 Å². The lowest BCUT2D eigenvalue weighted by Gasteiger charge is -2.15. The molecule has 3 aromatic carbocycles. The van der Waals surface area contributed by atoms with E-state index in [0.717, 1.165) is 35.6 Å². The number of carbonyl (C=O) groups is 1. The summed E-state index contributed by atoms with van der Waals surface area (Å²) in [4.78, 5) is 16.2. The van der Waals surface area contributed by atoms with E-state index in [1.54, 1.807) is 0 Å². The first kappa shape index (κ1) is 19.0. The van der Waals surface area contributed by atoms with Crippen LogP contribution in [-0.2, 0) is 11.3 Å². The summed E-state index contributed by atoms with van der Waals surface area (Å²) in [6.45, 7) is 4.87. The van der Waals surface area contributed by atoms with Crippen molar-refractivity contribution in [1.82, 2.24) is 14.9 Å². The third-order valence-corrected chi connectivity index (χ3v) is 5.01. The van der Waals surface area contributed by atoms with Crippen molar-refractivity contribution in [2.45, 2.75) is 32.9 Å². The van der Waals surface area contributed by atoms with E-state index >= 15 is 0 Å². The molecule has 1 aromatic heterocycles. The molecule has 0 bridgehead atoms. The molecule has 4 rings (SSSR count). The molecule has 0 saturated heterocycles. The zero-order valence-electron chi connectivity index (χ0n) is 16.8. The molecule has 5 heteroatoms. The van der Waals surface area contributed by atoms with Gasteiger partial charge in [0.1, 0.15) is 11.6 Å². The predicted molar refractivity (Wildman–Crippen MR) is 116 cm³/mol. The number of fused-ring (bicyclic) bond motifs is 2. The fraction of sp³-hybridized carbons (Fsp3) is 0.250. The van der Waals surface area contributed by atoms with Crippen LogP contribution in [0.2, 0.25) is 0 Å². The minimum atomic E-state index is -0.152. The molecule has 29 heavy (non-hydrogen) atoms. The Bertz CT molecular complexity index is 1150. The molecule has 1 atom stereocenters. The smallest absolute Gasteiger partial charge is 0.217 e. The Labute approximate surface area is 170 Å². The number of aryl methyl sites for hydroxylation is 1. The SMILES string of the molecule is CC(=O)NC(C)c1nc2ccccc2n1CCCOc1ccc2ccccc2c1. The van der Waals surface area contributed by atoms with E-state index in [9.17, 15) is 4.79 Å². The summed E-state index contributed by atoms with van der Waals surface area (Å²) < 4.78 is 8.17. The van der Waals surface area contributed by atoms with Crippen LogP contribution in [0.4, 0.5) is 0 Å². The molecule has 5 nitrogen and oxygen atoms in total. The normalized spacial score (nSPS) is 12.2. The van der Waals surface area contributed by atoms with Crippen molar-refractivity contribution in [3.63, 3.8) is 0 Å². The molecule has 0 aliphatic rings. The van der Waals surface area contributed by atoms with E-state index in [0.29, 0.717) is 6.61 Å². The maximum Gasteiger partial charge on any atom is 0.217 e. The van der Waals surface area contributed by atoms with Crippen LogP contribution in [0, 0.1) is 0 Å². The number of amides is 1. The number of benzene rings is 3. The van der Waals surface area contributed by atoms with Crippen molar-refractivity contribution in [1.29, 1.82) is 0 Å². The lowest BCUT2D eigenvalue weighted by atomic mass is 10.1. The van der Waals surface area contributed by atoms with Gasteiger partial charge in [0.2, 0.25) is 5.91 Å². The molecule has 0 radical (unpaired) electrons. The number of rotatable bonds is 7. The van der Waals surface area contributed by atoms with Gasteiger partial charge in [0.15, 0.2) is 0 Å². The summed E-state index contributed by atoms with van der Waals surface area (Å²) in [7, 11) is 0. The topological polar surface area (TPSA) is 56.2 Å². The van der Waals surface area contributed by atoms with Gasteiger partial charge in [-0.3, -0.25) is 4.79 Å². The highest BCUT2D eigenvalue weighted by Gasteiger charge is 2.17. The fourth-order valence-corrected chi connectivity index (χ4v) is 3.70. The van der Waals surface area contributed by atoms with Gasteiger partial charge in [-0.15, -0.1) is 0 Å². The van der Waals surface area contributed by atoms with Gasteiger partial charge in [-0.25, -0.2) is 4.98 Å². The monoisotopic (exact) mass is 387 g/mol. The van der Waals surface area contributed by atoms with Crippen molar-refractivity contribution in [2.24, 2.45) is 0 Å². The van der Waals surface area contributed by atoms with E-state index in [-0.39, 0.29) is 11.9 Å². The predicted octanol–water partition coefficient (Wildman–Crippen LogP) is 4.86. The number of nitrogens with zero attached hydrogens (tertiary/aromatic N) is 2. The van der Waals surface area contributed by atoms with Crippen LogP contribution in [0.1, 0.15) is 32.1 Å². The molecule has 4 aromatic rings. The largest absolute Gasteiger partial charge is 0.494 e. The van der Waals surface area contributed by atoms with Crippen LogP contribution >= 0.6 is 0 Å². The third-order valence-electron chi connectivity index (χ3n) is 5.01. The maximum absolute atomic E-state index is 11.5. The number of carbonyl (C=O) groups excluding carboxylic acids is 1. The summed E-state index contributed by atoms with van der Waals surface area (Å²) in [5, 5.41) is 5.33. The van der Waals surface area contributed by atoms with Gasteiger partial charge in [-0.1, -0.05) is 42.5 Å². The quantitative estimate of drug-likeness (QED) is 0.461. The number of ether oxygens (including phenoxy) is 1. The summed E-state index contributed by atoms with van der Waals surface area (Å²) >= 11 is 0. The minimum Gasteiger partial charge on any atom is -0.494 e. The van der Waals surface area contributed by atoms with Gasteiger partial charge >= 0.3 is 0 Å². The molecule has 0 saturated carbocycles. The standard InChI is InChI=1S/C24H25N3O2/c1-17(25-18(2)28)24-26-22-10-5-6-11-23(22)27(24)14-7-15-29-21-13-12-19-8-3-4-9-20(19)16-21/h3-6,8-13,16-17H,7,14-15H2,1-2H3,(H,25,28). The first-order valence-electron chi connectivity index (χ1n) is 9.96.